The van der Waals surface area contributed by atoms with Crippen LogP contribution in [-0.4, -0.2) is 28.8 Å². The number of thiophene rings is 1. The lowest BCUT2D eigenvalue weighted by molar-refractivity contribution is -0.155. The molecule has 0 atom stereocenters. The van der Waals surface area contributed by atoms with Gasteiger partial charge in [-0.05, 0) is 19.9 Å². The van der Waals surface area contributed by atoms with Crippen LogP contribution in [0.15, 0.2) is 6.07 Å². The summed E-state index contributed by atoms with van der Waals surface area (Å²) in [4.78, 5) is 23.3. The molecule has 0 aliphatic heterocycles. The summed E-state index contributed by atoms with van der Waals surface area (Å²) in [6.07, 6.45) is -0.0427. The Kier molecular flexibility index (Phi) is 4.51. The maximum atomic E-state index is 10.6. The summed E-state index contributed by atoms with van der Waals surface area (Å²) < 4.78 is 5.37. The fourth-order valence-electron chi connectivity index (χ4n) is 1.39. The summed E-state index contributed by atoms with van der Waals surface area (Å²) in [7, 11) is 0. The number of ether oxygens (including phenoxy) is 1. The van der Waals surface area contributed by atoms with Crippen LogP contribution in [0, 0.1) is 19.8 Å². The van der Waals surface area contributed by atoms with Gasteiger partial charge in [-0.25, -0.2) is 0 Å². The van der Waals surface area contributed by atoms with E-state index in [1.165, 1.54) is 0 Å². The highest BCUT2D eigenvalue weighted by molar-refractivity contribution is 7.12. The maximum Gasteiger partial charge on any atom is 0.318 e. The van der Waals surface area contributed by atoms with E-state index < -0.39 is 17.9 Å². The van der Waals surface area contributed by atoms with Crippen LogP contribution >= 0.6 is 11.3 Å². The normalized spacial score (nSPS) is 10.5. The molecule has 0 radical (unpaired) electrons. The smallest absolute Gasteiger partial charge is 0.318 e. The van der Waals surface area contributed by atoms with Crippen LogP contribution < -0.4 is 4.74 Å². The Labute approximate surface area is 103 Å². The summed E-state index contributed by atoms with van der Waals surface area (Å²) in [5.41, 5.74) is 0. The average Bonchev–Trinajstić information content (AvgIpc) is 2.51. The van der Waals surface area contributed by atoms with Gasteiger partial charge < -0.3 is 14.9 Å². The van der Waals surface area contributed by atoms with E-state index in [0.29, 0.717) is 5.75 Å². The lowest BCUT2D eigenvalue weighted by atomic mass is 10.1. The molecular weight excluding hydrogens is 244 g/mol. The Morgan fingerprint density at radius 3 is 2.35 bits per heavy atom. The number of carbonyl (C=O) groups is 2. The Morgan fingerprint density at radius 1 is 1.35 bits per heavy atom. The highest BCUT2D eigenvalue weighted by atomic mass is 32.1. The van der Waals surface area contributed by atoms with Crippen molar-refractivity contribution in [2.75, 3.05) is 6.61 Å². The minimum atomic E-state index is -1.41. The zero-order chi connectivity index (χ0) is 13.0. The van der Waals surface area contributed by atoms with Crippen LogP contribution in [0.5, 0.6) is 5.75 Å². The predicted octanol–water partition coefficient (Wildman–Crippen LogP) is 1.92. The zero-order valence-electron chi connectivity index (χ0n) is 9.60. The van der Waals surface area contributed by atoms with Crippen molar-refractivity contribution in [2.45, 2.75) is 20.3 Å². The summed E-state index contributed by atoms with van der Waals surface area (Å²) in [6, 6.07) is 1.86. The van der Waals surface area contributed by atoms with Crippen LogP contribution in [0.25, 0.3) is 0 Å². The second-order valence-corrected chi connectivity index (χ2v) is 5.10. The molecular formula is C11H14O5S. The van der Waals surface area contributed by atoms with E-state index in [2.05, 4.69) is 0 Å². The molecule has 94 valence electrons. The molecule has 2 N–H and O–H groups in total. The topological polar surface area (TPSA) is 83.8 Å². The van der Waals surface area contributed by atoms with Crippen molar-refractivity contribution >= 4 is 23.3 Å². The lowest BCUT2D eigenvalue weighted by Crippen LogP contribution is -2.25. The first kappa shape index (κ1) is 13.5. The second kappa shape index (κ2) is 5.67. The van der Waals surface area contributed by atoms with Gasteiger partial charge in [-0.2, -0.15) is 0 Å². The van der Waals surface area contributed by atoms with E-state index >= 15 is 0 Å². The number of carboxylic acids is 2. The van der Waals surface area contributed by atoms with Gasteiger partial charge in [0.25, 0.3) is 0 Å². The fraction of sp³-hybridized carbons (Fsp3) is 0.455. The maximum absolute atomic E-state index is 10.6. The Hall–Kier alpha value is -1.56. The fourth-order valence-corrected chi connectivity index (χ4v) is 2.26. The van der Waals surface area contributed by atoms with Gasteiger partial charge in [-0.15, -0.1) is 11.3 Å². The van der Waals surface area contributed by atoms with Gasteiger partial charge in [-0.3, -0.25) is 9.59 Å². The molecule has 5 nitrogen and oxygen atoms in total. The molecule has 0 bridgehead atoms. The first-order valence-electron chi connectivity index (χ1n) is 5.07. The van der Waals surface area contributed by atoms with Crippen molar-refractivity contribution in [3.63, 3.8) is 0 Å². The van der Waals surface area contributed by atoms with Gasteiger partial charge in [0.05, 0.1) is 6.61 Å². The molecule has 0 aromatic carbocycles. The van der Waals surface area contributed by atoms with Gasteiger partial charge in [0.15, 0.2) is 5.92 Å². The molecule has 0 saturated heterocycles. The molecule has 1 rings (SSSR count). The number of hydrogen-bond donors (Lipinski definition) is 2. The molecule has 0 aliphatic rings. The third-order valence-corrected chi connectivity index (χ3v) is 3.20. The van der Waals surface area contributed by atoms with Gasteiger partial charge in [0, 0.05) is 16.2 Å². The van der Waals surface area contributed by atoms with E-state index in [9.17, 15) is 9.59 Å². The van der Waals surface area contributed by atoms with Crippen LogP contribution in [0.2, 0.25) is 0 Å². The Bertz CT molecular complexity index is 409. The summed E-state index contributed by atoms with van der Waals surface area (Å²) in [5.74, 6) is -3.38. The quantitative estimate of drug-likeness (QED) is 0.761. The molecule has 1 aromatic rings. The van der Waals surface area contributed by atoms with Gasteiger partial charge in [0.2, 0.25) is 0 Å². The van der Waals surface area contributed by atoms with E-state index in [0.717, 1.165) is 9.75 Å². The first-order chi connectivity index (χ1) is 7.91. The zero-order valence-corrected chi connectivity index (χ0v) is 10.4. The molecule has 0 amide bonds. The van der Waals surface area contributed by atoms with E-state index in [-0.39, 0.29) is 13.0 Å². The second-order valence-electron chi connectivity index (χ2n) is 3.64. The van der Waals surface area contributed by atoms with Crippen molar-refractivity contribution in [1.82, 2.24) is 0 Å². The van der Waals surface area contributed by atoms with Crippen molar-refractivity contribution in [3.8, 4) is 5.75 Å². The number of carboxylic acid groups (broad SMARTS) is 2. The number of aryl methyl sites for hydroxylation is 2. The first-order valence-corrected chi connectivity index (χ1v) is 5.89. The third-order valence-electron chi connectivity index (χ3n) is 2.26. The standard InChI is InChI=1S/C11H14O5S/c1-6-5-9(7(2)17-6)16-4-3-8(10(12)13)11(14)15/h5,8H,3-4H2,1-2H3,(H,12,13)(H,14,15). The van der Waals surface area contributed by atoms with Crippen LogP contribution in [0.1, 0.15) is 16.2 Å². The molecule has 1 heterocycles. The molecule has 0 aliphatic carbocycles. The summed E-state index contributed by atoms with van der Waals surface area (Å²) in [6.45, 7) is 3.93. The molecule has 17 heavy (non-hydrogen) atoms. The number of hydrogen-bond acceptors (Lipinski definition) is 4. The summed E-state index contributed by atoms with van der Waals surface area (Å²) >= 11 is 1.58. The van der Waals surface area contributed by atoms with Gasteiger partial charge >= 0.3 is 11.9 Å². The Morgan fingerprint density at radius 2 is 1.94 bits per heavy atom. The van der Waals surface area contributed by atoms with Gasteiger partial charge in [-0.1, -0.05) is 0 Å². The lowest BCUT2D eigenvalue weighted by Gasteiger charge is -2.08. The minimum Gasteiger partial charge on any atom is -0.492 e. The Balaban J connectivity index is 2.49. The molecule has 0 saturated carbocycles. The number of rotatable bonds is 6. The van der Waals surface area contributed by atoms with Crippen LogP contribution in [-0.2, 0) is 9.59 Å². The molecule has 0 spiro atoms. The average molecular weight is 258 g/mol. The van der Waals surface area contributed by atoms with Crippen molar-refractivity contribution in [1.29, 1.82) is 0 Å². The minimum absolute atomic E-state index is 0.0427. The molecule has 0 unspecified atom stereocenters. The van der Waals surface area contributed by atoms with Crippen molar-refractivity contribution < 1.29 is 24.5 Å². The predicted molar refractivity (Wildman–Crippen MR) is 62.7 cm³/mol. The SMILES string of the molecule is Cc1cc(OCCC(C(=O)O)C(=O)O)c(C)s1. The molecule has 0 fully saturated rings. The number of aliphatic carboxylic acids is 2. The highest BCUT2D eigenvalue weighted by Gasteiger charge is 2.25. The molecule has 1 aromatic heterocycles. The molecule has 6 heteroatoms. The highest BCUT2D eigenvalue weighted by Crippen LogP contribution is 2.27. The van der Waals surface area contributed by atoms with Gasteiger partial charge in [0.1, 0.15) is 5.75 Å². The van der Waals surface area contributed by atoms with Crippen molar-refractivity contribution in [3.05, 3.63) is 15.8 Å². The van der Waals surface area contributed by atoms with Crippen LogP contribution in [0.3, 0.4) is 0 Å². The summed E-state index contributed by atoms with van der Waals surface area (Å²) in [5, 5.41) is 17.3. The monoisotopic (exact) mass is 258 g/mol. The van der Waals surface area contributed by atoms with Crippen LogP contribution in [0.4, 0.5) is 0 Å². The third kappa shape index (κ3) is 3.74. The van der Waals surface area contributed by atoms with Crippen molar-refractivity contribution in [2.24, 2.45) is 5.92 Å². The largest absolute Gasteiger partial charge is 0.492 e. The van der Waals surface area contributed by atoms with E-state index in [1.807, 2.05) is 19.9 Å². The van der Waals surface area contributed by atoms with E-state index in [4.69, 9.17) is 14.9 Å². The van der Waals surface area contributed by atoms with E-state index in [1.54, 1.807) is 11.3 Å².